The van der Waals surface area contributed by atoms with Crippen LogP contribution < -0.4 is 11.1 Å². The second-order valence-electron chi connectivity index (χ2n) is 4.52. The van der Waals surface area contributed by atoms with E-state index < -0.39 is 4.92 Å². The number of carbonyl (C=O) groups is 1. The van der Waals surface area contributed by atoms with Gasteiger partial charge in [-0.25, -0.2) is 0 Å². The summed E-state index contributed by atoms with van der Waals surface area (Å²) >= 11 is 0. The molecule has 3 N–H and O–H groups in total. The molecule has 2 rings (SSSR count). The number of benzene rings is 2. The van der Waals surface area contributed by atoms with Crippen molar-refractivity contribution in [3.63, 3.8) is 0 Å². The Balaban J connectivity index is 2.00. The Morgan fingerprint density at radius 1 is 1.14 bits per heavy atom. The molecule has 0 fully saturated rings. The lowest BCUT2D eigenvalue weighted by Gasteiger charge is -2.07. The average molecular weight is 285 g/mol. The molecule has 0 heterocycles. The summed E-state index contributed by atoms with van der Waals surface area (Å²) in [5.41, 5.74) is 7.40. The van der Waals surface area contributed by atoms with Crippen molar-refractivity contribution in [2.45, 2.75) is 12.8 Å². The Kier molecular flexibility index (Phi) is 4.50. The highest BCUT2D eigenvalue weighted by Gasteiger charge is 2.14. The van der Waals surface area contributed by atoms with E-state index in [9.17, 15) is 14.9 Å². The number of amides is 1. The summed E-state index contributed by atoms with van der Waals surface area (Å²) in [6.45, 7) is 0. The molecule has 0 radical (unpaired) electrons. The smallest absolute Gasteiger partial charge is 0.292 e. The second-order valence-corrected chi connectivity index (χ2v) is 4.52. The van der Waals surface area contributed by atoms with Gasteiger partial charge in [-0.05, 0) is 24.1 Å². The van der Waals surface area contributed by atoms with E-state index in [0.717, 1.165) is 5.56 Å². The summed E-state index contributed by atoms with van der Waals surface area (Å²) in [5.74, 6) is -0.285. The fourth-order valence-electron chi connectivity index (χ4n) is 1.96. The monoisotopic (exact) mass is 285 g/mol. The number of hydrogen-bond donors (Lipinski definition) is 2. The first kappa shape index (κ1) is 14.5. The number of nitrogens with two attached hydrogens (primary N) is 1. The fraction of sp³-hybridized carbons (Fsp3) is 0.133. The van der Waals surface area contributed by atoms with E-state index in [1.54, 1.807) is 18.2 Å². The Bertz CT molecular complexity index is 671. The first-order valence-electron chi connectivity index (χ1n) is 6.44. The molecular formula is C15H15N3O3. The Morgan fingerprint density at radius 2 is 1.81 bits per heavy atom. The van der Waals surface area contributed by atoms with Gasteiger partial charge < -0.3 is 11.1 Å². The first-order valence-corrected chi connectivity index (χ1v) is 6.44. The second kappa shape index (κ2) is 6.51. The third kappa shape index (κ3) is 3.79. The molecule has 0 saturated carbocycles. The van der Waals surface area contributed by atoms with Gasteiger partial charge in [-0.2, -0.15) is 0 Å². The number of para-hydroxylation sites is 3. The van der Waals surface area contributed by atoms with Gasteiger partial charge in [0.2, 0.25) is 5.91 Å². The number of nitro benzene ring substituents is 1. The Labute approximate surface area is 121 Å². The van der Waals surface area contributed by atoms with Gasteiger partial charge in [-0.1, -0.05) is 30.3 Å². The number of nitro groups is 1. The van der Waals surface area contributed by atoms with Crippen LogP contribution in [-0.4, -0.2) is 10.8 Å². The van der Waals surface area contributed by atoms with Gasteiger partial charge in [-0.3, -0.25) is 14.9 Å². The third-order valence-corrected chi connectivity index (χ3v) is 3.05. The van der Waals surface area contributed by atoms with Crippen molar-refractivity contribution in [3.8, 4) is 0 Å². The van der Waals surface area contributed by atoms with Crippen LogP contribution in [0.5, 0.6) is 0 Å². The van der Waals surface area contributed by atoms with E-state index in [0.29, 0.717) is 12.1 Å². The summed E-state index contributed by atoms with van der Waals surface area (Å²) in [7, 11) is 0. The topological polar surface area (TPSA) is 98.3 Å². The van der Waals surface area contributed by atoms with Crippen molar-refractivity contribution in [1.29, 1.82) is 0 Å². The van der Waals surface area contributed by atoms with Crippen molar-refractivity contribution in [2.75, 3.05) is 11.1 Å². The maximum atomic E-state index is 11.9. The van der Waals surface area contributed by atoms with E-state index in [-0.39, 0.29) is 23.7 Å². The molecule has 0 saturated heterocycles. The lowest BCUT2D eigenvalue weighted by Crippen LogP contribution is -2.13. The average Bonchev–Trinajstić information content (AvgIpc) is 2.47. The van der Waals surface area contributed by atoms with Crippen molar-refractivity contribution in [2.24, 2.45) is 0 Å². The molecule has 2 aromatic carbocycles. The largest absolute Gasteiger partial charge is 0.399 e. The van der Waals surface area contributed by atoms with Gasteiger partial charge in [0.15, 0.2) is 0 Å². The van der Waals surface area contributed by atoms with Crippen LogP contribution in [0.1, 0.15) is 12.0 Å². The summed E-state index contributed by atoms with van der Waals surface area (Å²) in [6.07, 6.45) is 0.694. The molecule has 6 heteroatoms. The van der Waals surface area contributed by atoms with Crippen LogP contribution in [0, 0.1) is 10.1 Å². The lowest BCUT2D eigenvalue weighted by molar-refractivity contribution is -0.383. The molecule has 0 atom stereocenters. The van der Waals surface area contributed by atoms with Crippen LogP contribution >= 0.6 is 0 Å². The van der Waals surface area contributed by atoms with Crippen LogP contribution in [-0.2, 0) is 11.2 Å². The van der Waals surface area contributed by atoms with Gasteiger partial charge in [0.25, 0.3) is 5.69 Å². The van der Waals surface area contributed by atoms with Crippen LogP contribution in [0.3, 0.4) is 0 Å². The van der Waals surface area contributed by atoms with Crippen molar-refractivity contribution < 1.29 is 9.72 Å². The fourth-order valence-corrected chi connectivity index (χ4v) is 1.96. The molecule has 0 unspecified atom stereocenters. The van der Waals surface area contributed by atoms with E-state index in [1.165, 1.54) is 12.1 Å². The zero-order chi connectivity index (χ0) is 15.2. The van der Waals surface area contributed by atoms with E-state index in [2.05, 4.69) is 5.32 Å². The highest BCUT2D eigenvalue weighted by Crippen LogP contribution is 2.23. The predicted molar refractivity (Wildman–Crippen MR) is 80.9 cm³/mol. The molecule has 1 amide bonds. The van der Waals surface area contributed by atoms with Crippen molar-refractivity contribution in [3.05, 3.63) is 64.2 Å². The zero-order valence-corrected chi connectivity index (χ0v) is 11.3. The molecule has 108 valence electrons. The number of rotatable bonds is 5. The first-order chi connectivity index (χ1) is 10.1. The number of nitrogen functional groups attached to an aromatic ring is 1. The SMILES string of the molecule is Nc1ccccc1CCC(=O)Nc1ccccc1[N+](=O)[O-]. The quantitative estimate of drug-likeness (QED) is 0.501. The van der Waals surface area contributed by atoms with Gasteiger partial charge in [0.05, 0.1) is 4.92 Å². The summed E-state index contributed by atoms with van der Waals surface area (Å²) < 4.78 is 0. The minimum absolute atomic E-state index is 0.120. The maximum Gasteiger partial charge on any atom is 0.292 e. The number of carbonyl (C=O) groups excluding carboxylic acids is 1. The van der Waals surface area contributed by atoms with Gasteiger partial charge >= 0.3 is 0 Å². The molecule has 0 bridgehead atoms. The van der Waals surface area contributed by atoms with Crippen LogP contribution in [0.4, 0.5) is 17.1 Å². The lowest BCUT2D eigenvalue weighted by atomic mass is 10.1. The molecule has 0 aromatic heterocycles. The number of nitrogens with one attached hydrogen (secondary N) is 1. The minimum atomic E-state index is -0.523. The summed E-state index contributed by atoms with van der Waals surface area (Å²) in [4.78, 5) is 22.2. The van der Waals surface area contributed by atoms with Crippen LogP contribution in [0.15, 0.2) is 48.5 Å². The van der Waals surface area contributed by atoms with Gasteiger partial charge in [0.1, 0.15) is 5.69 Å². The molecule has 0 aliphatic heterocycles. The summed E-state index contributed by atoms with van der Waals surface area (Å²) in [6, 6.07) is 13.4. The molecule has 0 aliphatic carbocycles. The van der Waals surface area contributed by atoms with Gasteiger partial charge in [-0.15, -0.1) is 0 Å². The molecule has 0 spiro atoms. The number of hydrogen-bond acceptors (Lipinski definition) is 4. The Hall–Kier alpha value is -2.89. The number of anilines is 2. The molecule has 21 heavy (non-hydrogen) atoms. The van der Waals surface area contributed by atoms with Crippen LogP contribution in [0.25, 0.3) is 0 Å². The molecule has 2 aromatic rings. The summed E-state index contributed by atoms with van der Waals surface area (Å²) in [5, 5.41) is 13.4. The highest BCUT2D eigenvalue weighted by molar-refractivity contribution is 5.93. The van der Waals surface area contributed by atoms with E-state index in [1.807, 2.05) is 18.2 Å². The number of nitrogens with zero attached hydrogens (tertiary/aromatic N) is 1. The van der Waals surface area contributed by atoms with E-state index >= 15 is 0 Å². The standard InChI is InChI=1S/C15H15N3O3/c16-12-6-2-1-5-11(12)9-10-15(19)17-13-7-3-4-8-14(13)18(20)21/h1-8H,9-10,16H2,(H,17,19). The maximum absolute atomic E-state index is 11.9. The Morgan fingerprint density at radius 3 is 2.52 bits per heavy atom. The van der Waals surface area contributed by atoms with Gasteiger partial charge in [0, 0.05) is 18.2 Å². The van der Waals surface area contributed by atoms with Crippen LogP contribution in [0.2, 0.25) is 0 Å². The predicted octanol–water partition coefficient (Wildman–Crippen LogP) is 2.75. The molecular weight excluding hydrogens is 270 g/mol. The molecule has 0 aliphatic rings. The van der Waals surface area contributed by atoms with E-state index in [4.69, 9.17) is 5.73 Å². The van der Waals surface area contributed by atoms with Crippen molar-refractivity contribution in [1.82, 2.24) is 0 Å². The zero-order valence-electron chi connectivity index (χ0n) is 11.3. The minimum Gasteiger partial charge on any atom is -0.399 e. The third-order valence-electron chi connectivity index (χ3n) is 3.05. The molecule has 6 nitrogen and oxygen atoms in total. The normalized spacial score (nSPS) is 10.1. The van der Waals surface area contributed by atoms with Crippen molar-refractivity contribution >= 4 is 23.0 Å². The number of aryl methyl sites for hydroxylation is 1. The highest BCUT2D eigenvalue weighted by atomic mass is 16.6.